The SMILES string of the molecule is CC(CNCc1cc(=O)n2ccccc2n1)S(C)=O. The lowest BCUT2D eigenvalue weighted by Crippen LogP contribution is -2.28. The van der Waals surface area contributed by atoms with Crippen molar-refractivity contribution in [1.29, 1.82) is 0 Å². The maximum absolute atomic E-state index is 11.9. The van der Waals surface area contributed by atoms with Gasteiger partial charge in [-0.15, -0.1) is 0 Å². The van der Waals surface area contributed by atoms with Crippen molar-refractivity contribution < 1.29 is 4.21 Å². The minimum Gasteiger partial charge on any atom is -0.310 e. The van der Waals surface area contributed by atoms with E-state index in [1.165, 1.54) is 10.5 Å². The molecule has 2 atom stereocenters. The van der Waals surface area contributed by atoms with Gasteiger partial charge in [0.15, 0.2) is 0 Å². The first kappa shape index (κ1) is 13.9. The van der Waals surface area contributed by atoms with E-state index in [1.807, 2.05) is 13.0 Å². The number of aromatic nitrogens is 2. The molecule has 0 amide bonds. The van der Waals surface area contributed by atoms with Gasteiger partial charge in [0.2, 0.25) is 0 Å². The summed E-state index contributed by atoms with van der Waals surface area (Å²) < 4.78 is 12.7. The molecule has 2 aromatic rings. The lowest BCUT2D eigenvalue weighted by atomic mass is 10.3. The standard InChI is InChI=1S/C13H17N3O2S/c1-10(19(2)18)8-14-9-11-7-13(17)16-6-4-3-5-12(16)15-11/h3-7,10,14H,8-9H2,1-2H3. The number of hydrogen-bond donors (Lipinski definition) is 1. The van der Waals surface area contributed by atoms with Crippen LogP contribution in [-0.2, 0) is 17.3 Å². The number of nitrogens with zero attached hydrogens (tertiary/aromatic N) is 2. The molecule has 2 heterocycles. The van der Waals surface area contributed by atoms with Gasteiger partial charge in [-0.2, -0.15) is 0 Å². The quantitative estimate of drug-likeness (QED) is 0.868. The Morgan fingerprint density at radius 3 is 3.00 bits per heavy atom. The summed E-state index contributed by atoms with van der Waals surface area (Å²) in [6.45, 7) is 3.06. The lowest BCUT2D eigenvalue weighted by molar-refractivity contribution is 0.641. The predicted octanol–water partition coefficient (Wildman–Crippen LogP) is 0.551. The lowest BCUT2D eigenvalue weighted by Gasteiger charge is -2.09. The molecule has 19 heavy (non-hydrogen) atoms. The third-order valence-electron chi connectivity index (χ3n) is 2.93. The summed E-state index contributed by atoms with van der Waals surface area (Å²) in [5.41, 5.74) is 1.25. The molecular weight excluding hydrogens is 262 g/mol. The summed E-state index contributed by atoms with van der Waals surface area (Å²) in [7, 11) is -0.844. The fourth-order valence-corrected chi connectivity index (χ4v) is 2.07. The second-order valence-electron chi connectivity index (χ2n) is 4.45. The predicted molar refractivity (Wildman–Crippen MR) is 76.7 cm³/mol. The second-order valence-corrected chi connectivity index (χ2v) is 6.26. The van der Waals surface area contributed by atoms with Gasteiger partial charge in [-0.05, 0) is 19.1 Å². The molecule has 0 aliphatic heterocycles. The van der Waals surface area contributed by atoms with Crippen LogP contribution in [0.2, 0.25) is 0 Å². The van der Waals surface area contributed by atoms with Crippen molar-refractivity contribution in [3.63, 3.8) is 0 Å². The zero-order valence-corrected chi connectivity index (χ0v) is 11.8. The van der Waals surface area contributed by atoms with E-state index >= 15 is 0 Å². The van der Waals surface area contributed by atoms with Crippen molar-refractivity contribution in [2.75, 3.05) is 12.8 Å². The van der Waals surface area contributed by atoms with Crippen LogP contribution in [-0.4, -0.2) is 31.6 Å². The van der Waals surface area contributed by atoms with Crippen molar-refractivity contribution in [2.45, 2.75) is 18.7 Å². The van der Waals surface area contributed by atoms with E-state index in [9.17, 15) is 9.00 Å². The summed E-state index contributed by atoms with van der Waals surface area (Å²) >= 11 is 0. The van der Waals surface area contributed by atoms with E-state index in [0.29, 0.717) is 24.4 Å². The fourth-order valence-electron chi connectivity index (χ4n) is 1.71. The molecule has 2 rings (SSSR count). The molecule has 0 aromatic carbocycles. The van der Waals surface area contributed by atoms with Crippen LogP contribution in [0.1, 0.15) is 12.6 Å². The molecule has 0 bridgehead atoms. The summed E-state index contributed by atoms with van der Waals surface area (Å²) in [6.07, 6.45) is 3.39. The topological polar surface area (TPSA) is 63.5 Å². The number of nitrogens with one attached hydrogen (secondary N) is 1. The molecule has 2 aromatic heterocycles. The second kappa shape index (κ2) is 6.08. The van der Waals surface area contributed by atoms with Gasteiger partial charge < -0.3 is 5.32 Å². The van der Waals surface area contributed by atoms with Gasteiger partial charge in [0.25, 0.3) is 5.56 Å². The largest absolute Gasteiger partial charge is 0.310 e. The molecule has 0 aliphatic rings. The number of pyridine rings is 1. The first-order chi connectivity index (χ1) is 9.08. The summed E-state index contributed by atoms with van der Waals surface area (Å²) in [5.74, 6) is 0. The van der Waals surface area contributed by atoms with Crippen LogP contribution in [0, 0.1) is 0 Å². The summed E-state index contributed by atoms with van der Waals surface area (Å²) in [4.78, 5) is 16.3. The smallest absolute Gasteiger partial charge is 0.258 e. The molecule has 5 nitrogen and oxygen atoms in total. The van der Waals surface area contributed by atoms with Crippen LogP contribution in [0.3, 0.4) is 0 Å². The van der Waals surface area contributed by atoms with Crippen molar-refractivity contribution in [3.8, 4) is 0 Å². The Kier molecular flexibility index (Phi) is 4.44. The summed E-state index contributed by atoms with van der Waals surface area (Å²) in [5, 5.41) is 3.26. The highest BCUT2D eigenvalue weighted by Gasteiger charge is 2.06. The van der Waals surface area contributed by atoms with Crippen molar-refractivity contribution in [3.05, 3.63) is 46.5 Å². The van der Waals surface area contributed by atoms with Crippen LogP contribution in [0.5, 0.6) is 0 Å². The van der Waals surface area contributed by atoms with E-state index < -0.39 is 10.8 Å². The monoisotopic (exact) mass is 279 g/mol. The average molecular weight is 279 g/mol. The van der Waals surface area contributed by atoms with E-state index in [-0.39, 0.29) is 10.8 Å². The third kappa shape index (κ3) is 3.48. The Morgan fingerprint density at radius 1 is 1.47 bits per heavy atom. The normalized spacial score (nSPS) is 14.4. The Labute approximate surface area is 114 Å². The number of fused-ring (bicyclic) bond motifs is 1. The molecule has 2 unspecified atom stereocenters. The zero-order valence-electron chi connectivity index (χ0n) is 11.0. The first-order valence-electron chi connectivity index (χ1n) is 6.08. The van der Waals surface area contributed by atoms with Gasteiger partial charge in [-0.25, -0.2) is 4.98 Å². The molecule has 1 N–H and O–H groups in total. The third-order valence-corrected chi connectivity index (χ3v) is 4.23. The van der Waals surface area contributed by atoms with Crippen molar-refractivity contribution >= 4 is 16.4 Å². The number of rotatable bonds is 5. The molecular formula is C13H17N3O2S. The van der Waals surface area contributed by atoms with E-state index in [2.05, 4.69) is 10.3 Å². The molecule has 0 radical (unpaired) electrons. The molecule has 0 saturated heterocycles. The minimum atomic E-state index is -0.844. The highest BCUT2D eigenvalue weighted by Crippen LogP contribution is 1.99. The van der Waals surface area contributed by atoms with Crippen LogP contribution in [0.25, 0.3) is 5.65 Å². The molecule has 102 valence electrons. The maximum Gasteiger partial charge on any atom is 0.258 e. The molecule has 0 aliphatic carbocycles. The maximum atomic E-state index is 11.9. The highest BCUT2D eigenvalue weighted by atomic mass is 32.2. The van der Waals surface area contributed by atoms with E-state index in [1.54, 1.807) is 24.6 Å². The number of hydrogen-bond acceptors (Lipinski definition) is 4. The van der Waals surface area contributed by atoms with Crippen molar-refractivity contribution in [1.82, 2.24) is 14.7 Å². The Bertz CT molecular complexity index is 654. The van der Waals surface area contributed by atoms with Crippen LogP contribution < -0.4 is 10.9 Å². The van der Waals surface area contributed by atoms with Gasteiger partial charge in [0, 0.05) is 47.7 Å². The molecule has 0 fully saturated rings. The van der Waals surface area contributed by atoms with Gasteiger partial charge in [-0.3, -0.25) is 13.4 Å². The highest BCUT2D eigenvalue weighted by molar-refractivity contribution is 7.84. The Balaban J connectivity index is 2.09. The van der Waals surface area contributed by atoms with E-state index in [0.717, 1.165) is 0 Å². The van der Waals surface area contributed by atoms with Crippen LogP contribution in [0.4, 0.5) is 0 Å². The Morgan fingerprint density at radius 2 is 2.26 bits per heavy atom. The van der Waals surface area contributed by atoms with Crippen LogP contribution >= 0.6 is 0 Å². The van der Waals surface area contributed by atoms with Gasteiger partial charge in [0.05, 0.1) is 5.69 Å². The summed E-state index contributed by atoms with van der Waals surface area (Å²) in [6, 6.07) is 6.97. The van der Waals surface area contributed by atoms with Gasteiger partial charge in [-0.1, -0.05) is 6.07 Å². The van der Waals surface area contributed by atoms with Crippen LogP contribution in [0.15, 0.2) is 35.3 Å². The fraction of sp³-hybridized carbons (Fsp3) is 0.385. The van der Waals surface area contributed by atoms with Gasteiger partial charge >= 0.3 is 0 Å². The van der Waals surface area contributed by atoms with Gasteiger partial charge in [0.1, 0.15) is 5.65 Å². The Hall–Kier alpha value is -1.53. The van der Waals surface area contributed by atoms with E-state index in [4.69, 9.17) is 0 Å². The minimum absolute atomic E-state index is 0.0848. The molecule has 6 heteroatoms. The zero-order chi connectivity index (χ0) is 13.8. The first-order valence-corrected chi connectivity index (χ1v) is 7.70. The van der Waals surface area contributed by atoms with Crippen molar-refractivity contribution in [2.24, 2.45) is 0 Å². The molecule has 0 saturated carbocycles. The average Bonchev–Trinajstić information content (AvgIpc) is 2.38. The molecule has 0 spiro atoms.